The number of aryl methyl sites for hydroxylation is 1. The molecule has 1 N–H and O–H groups in total. The zero-order valence-corrected chi connectivity index (χ0v) is 22.0. The number of nitrogens with one attached hydrogen (secondary N) is 1. The van der Waals surface area contributed by atoms with Gasteiger partial charge in [0.15, 0.2) is 23.0 Å². The smallest absolute Gasteiger partial charge is 0.335 e. The molecular formula is C27H21IN2O7. The van der Waals surface area contributed by atoms with Gasteiger partial charge in [-0.15, -0.1) is 0 Å². The third kappa shape index (κ3) is 4.96. The van der Waals surface area contributed by atoms with Gasteiger partial charge in [0, 0.05) is 6.07 Å². The van der Waals surface area contributed by atoms with E-state index in [0.717, 1.165) is 19.6 Å². The Kier molecular flexibility index (Phi) is 6.74. The lowest BCUT2D eigenvalue weighted by molar-refractivity contribution is -0.122. The summed E-state index contributed by atoms with van der Waals surface area (Å²) in [7, 11) is 1.51. The van der Waals surface area contributed by atoms with Crippen molar-refractivity contribution in [2.75, 3.05) is 18.8 Å². The second-order valence-corrected chi connectivity index (χ2v) is 9.47. The van der Waals surface area contributed by atoms with Crippen molar-refractivity contribution in [2.45, 2.75) is 13.5 Å². The maximum atomic E-state index is 13.3. The lowest BCUT2D eigenvalue weighted by Crippen LogP contribution is -2.54. The monoisotopic (exact) mass is 612 g/mol. The number of rotatable bonds is 6. The van der Waals surface area contributed by atoms with Crippen LogP contribution in [-0.4, -0.2) is 31.7 Å². The van der Waals surface area contributed by atoms with Gasteiger partial charge in [-0.05, 0) is 71.0 Å². The molecule has 2 aliphatic heterocycles. The van der Waals surface area contributed by atoms with Crippen LogP contribution >= 0.6 is 22.6 Å². The standard InChI is InChI=1S/C27H21IN2O7/c1-15-4-3-5-16(8-15)13-35-24-20(28)10-17(11-23(24)34-2)9-19-25(31)29-27(33)30(26(19)32)18-6-7-21-22(12-18)37-14-36-21/h3-12H,13-14H2,1-2H3,(H,29,31,33)/b19-9+. The molecule has 3 aromatic rings. The molecule has 0 unspecified atom stereocenters. The van der Waals surface area contributed by atoms with E-state index in [0.29, 0.717) is 35.2 Å². The molecule has 10 heteroatoms. The van der Waals surface area contributed by atoms with Gasteiger partial charge in [-0.2, -0.15) is 0 Å². The molecule has 1 fully saturated rings. The van der Waals surface area contributed by atoms with Gasteiger partial charge in [0.2, 0.25) is 6.79 Å². The van der Waals surface area contributed by atoms with Gasteiger partial charge in [0.05, 0.1) is 16.4 Å². The first-order chi connectivity index (χ1) is 17.8. The first kappa shape index (κ1) is 24.6. The van der Waals surface area contributed by atoms with Crippen LogP contribution in [0.5, 0.6) is 23.0 Å². The van der Waals surface area contributed by atoms with Crippen molar-refractivity contribution in [3.8, 4) is 23.0 Å². The normalized spacial score (nSPS) is 15.7. The van der Waals surface area contributed by atoms with Crippen LogP contribution in [0.3, 0.4) is 0 Å². The molecule has 4 amide bonds. The van der Waals surface area contributed by atoms with Crippen molar-refractivity contribution in [3.05, 3.63) is 80.4 Å². The molecule has 0 saturated carbocycles. The van der Waals surface area contributed by atoms with Gasteiger partial charge in [-0.3, -0.25) is 14.9 Å². The molecule has 5 rings (SSSR count). The van der Waals surface area contributed by atoms with Crippen molar-refractivity contribution in [1.29, 1.82) is 0 Å². The van der Waals surface area contributed by atoms with E-state index in [1.165, 1.54) is 19.3 Å². The summed E-state index contributed by atoms with van der Waals surface area (Å²) in [6.45, 7) is 2.41. The summed E-state index contributed by atoms with van der Waals surface area (Å²) in [4.78, 5) is 39.4. The maximum absolute atomic E-state index is 13.3. The molecule has 0 atom stereocenters. The summed E-state index contributed by atoms with van der Waals surface area (Å²) in [5.41, 5.74) is 2.72. The average molecular weight is 612 g/mol. The summed E-state index contributed by atoms with van der Waals surface area (Å²) in [5, 5.41) is 2.22. The van der Waals surface area contributed by atoms with E-state index in [2.05, 4.69) is 27.9 Å². The second-order valence-electron chi connectivity index (χ2n) is 8.31. The lowest BCUT2D eigenvalue weighted by atomic mass is 10.1. The van der Waals surface area contributed by atoms with Crippen LogP contribution in [-0.2, 0) is 16.2 Å². The number of barbiturate groups is 1. The Balaban J connectivity index is 1.43. The van der Waals surface area contributed by atoms with Gasteiger partial charge < -0.3 is 18.9 Å². The predicted molar refractivity (Wildman–Crippen MR) is 143 cm³/mol. The Hall–Kier alpha value is -4.06. The van der Waals surface area contributed by atoms with Crippen LogP contribution < -0.4 is 29.2 Å². The summed E-state index contributed by atoms with van der Waals surface area (Å²) in [6, 6.07) is 15.2. The van der Waals surface area contributed by atoms with Crippen molar-refractivity contribution in [3.63, 3.8) is 0 Å². The van der Waals surface area contributed by atoms with Crippen LogP contribution in [0.4, 0.5) is 10.5 Å². The summed E-state index contributed by atoms with van der Waals surface area (Å²) in [5.74, 6) is 0.345. The van der Waals surface area contributed by atoms with E-state index in [1.54, 1.807) is 24.3 Å². The molecule has 37 heavy (non-hydrogen) atoms. The summed E-state index contributed by atoms with van der Waals surface area (Å²) < 4.78 is 22.9. The number of imide groups is 2. The molecule has 9 nitrogen and oxygen atoms in total. The largest absolute Gasteiger partial charge is 0.493 e. The fraction of sp³-hybridized carbons (Fsp3) is 0.148. The minimum atomic E-state index is -0.849. The van der Waals surface area contributed by atoms with Gasteiger partial charge in [0.1, 0.15) is 12.2 Å². The highest BCUT2D eigenvalue weighted by molar-refractivity contribution is 14.1. The van der Waals surface area contributed by atoms with E-state index in [4.69, 9.17) is 18.9 Å². The zero-order chi connectivity index (χ0) is 26.1. The molecule has 1 saturated heterocycles. The first-order valence-electron chi connectivity index (χ1n) is 11.2. The first-order valence-corrected chi connectivity index (χ1v) is 12.3. The molecular weight excluding hydrogens is 591 g/mol. The van der Waals surface area contributed by atoms with E-state index >= 15 is 0 Å². The summed E-state index contributed by atoms with van der Waals surface area (Å²) >= 11 is 2.11. The van der Waals surface area contributed by atoms with E-state index in [9.17, 15) is 14.4 Å². The summed E-state index contributed by atoms with van der Waals surface area (Å²) in [6.07, 6.45) is 1.42. The van der Waals surface area contributed by atoms with Crippen molar-refractivity contribution >= 4 is 52.2 Å². The molecule has 3 aromatic carbocycles. The van der Waals surface area contributed by atoms with Gasteiger partial charge >= 0.3 is 6.03 Å². The quantitative estimate of drug-likeness (QED) is 0.247. The molecule has 188 valence electrons. The highest BCUT2D eigenvalue weighted by atomic mass is 127. The SMILES string of the molecule is COc1cc(/C=C2\C(=O)NC(=O)N(c3ccc4c(c3)OCO4)C2=O)cc(I)c1OCc1cccc(C)c1. The molecule has 0 radical (unpaired) electrons. The van der Waals surface area contributed by atoms with Crippen molar-refractivity contribution in [2.24, 2.45) is 0 Å². The fourth-order valence-electron chi connectivity index (χ4n) is 4.00. The molecule has 2 heterocycles. The number of nitrogens with zero attached hydrogens (tertiary/aromatic N) is 1. The van der Waals surface area contributed by atoms with Crippen LogP contribution in [0, 0.1) is 10.5 Å². The van der Waals surface area contributed by atoms with Crippen LogP contribution in [0.15, 0.2) is 60.2 Å². The number of hydrogen-bond acceptors (Lipinski definition) is 7. The Bertz CT molecular complexity index is 1470. The van der Waals surface area contributed by atoms with E-state index in [-0.39, 0.29) is 18.1 Å². The molecule has 0 aromatic heterocycles. The highest BCUT2D eigenvalue weighted by Gasteiger charge is 2.37. The fourth-order valence-corrected chi connectivity index (χ4v) is 4.78. The van der Waals surface area contributed by atoms with Crippen molar-refractivity contribution < 1.29 is 33.3 Å². The van der Waals surface area contributed by atoms with E-state index < -0.39 is 17.8 Å². The third-order valence-corrected chi connectivity index (χ3v) is 6.55. The Morgan fingerprint density at radius 3 is 2.65 bits per heavy atom. The minimum Gasteiger partial charge on any atom is -0.493 e. The Morgan fingerprint density at radius 1 is 1.05 bits per heavy atom. The Morgan fingerprint density at radius 2 is 1.86 bits per heavy atom. The number of carbonyl (C=O) groups is 3. The lowest BCUT2D eigenvalue weighted by Gasteiger charge is -2.26. The highest BCUT2D eigenvalue weighted by Crippen LogP contribution is 2.37. The van der Waals surface area contributed by atoms with Crippen LogP contribution in [0.1, 0.15) is 16.7 Å². The predicted octanol–water partition coefficient (Wildman–Crippen LogP) is 4.58. The molecule has 0 bridgehead atoms. The second kappa shape index (κ2) is 10.1. The number of fused-ring (bicyclic) bond motifs is 1. The van der Waals surface area contributed by atoms with Crippen LogP contribution in [0.2, 0.25) is 0 Å². The topological polar surface area (TPSA) is 103 Å². The van der Waals surface area contributed by atoms with Crippen molar-refractivity contribution in [1.82, 2.24) is 5.32 Å². The number of methoxy groups -OCH3 is 1. The van der Waals surface area contributed by atoms with Crippen LogP contribution in [0.25, 0.3) is 6.08 Å². The minimum absolute atomic E-state index is 0.0493. The van der Waals surface area contributed by atoms with Gasteiger partial charge in [0.25, 0.3) is 11.8 Å². The number of hydrogen-bond donors (Lipinski definition) is 1. The van der Waals surface area contributed by atoms with Gasteiger partial charge in [-0.1, -0.05) is 29.8 Å². The average Bonchev–Trinajstić information content (AvgIpc) is 3.33. The number of halogens is 1. The number of benzene rings is 3. The zero-order valence-electron chi connectivity index (χ0n) is 19.9. The number of ether oxygens (including phenoxy) is 4. The molecule has 0 aliphatic carbocycles. The number of carbonyl (C=O) groups excluding carboxylic acids is 3. The number of urea groups is 1. The number of amides is 4. The third-order valence-electron chi connectivity index (χ3n) is 5.74. The Labute approximate surface area is 226 Å². The molecule has 2 aliphatic rings. The maximum Gasteiger partial charge on any atom is 0.335 e. The van der Waals surface area contributed by atoms with E-state index in [1.807, 2.05) is 31.2 Å². The number of anilines is 1. The van der Waals surface area contributed by atoms with Gasteiger partial charge in [-0.25, -0.2) is 9.69 Å². The molecule has 0 spiro atoms.